The SMILES string of the molecule is C(/Cc1ccc2c(c1)OCO2)=N\NC1=NCCCCN1. The van der Waals surface area contributed by atoms with Crippen molar-refractivity contribution in [3.63, 3.8) is 0 Å². The molecule has 2 aliphatic heterocycles. The van der Waals surface area contributed by atoms with Crippen molar-refractivity contribution in [2.45, 2.75) is 19.3 Å². The number of rotatable bonds is 3. The first-order valence-corrected chi connectivity index (χ1v) is 6.86. The van der Waals surface area contributed by atoms with Crippen LogP contribution < -0.4 is 20.2 Å². The van der Waals surface area contributed by atoms with Crippen LogP contribution >= 0.6 is 0 Å². The highest BCUT2D eigenvalue weighted by atomic mass is 16.7. The molecule has 0 saturated carbocycles. The third kappa shape index (κ3) is 3.20. The lowest BCUT2D eigenvalue weighted by Crippen LogP contribution is -2.33. The average Bonchev–Trinajstić information content (AvgIpc) is 2.78. The zero-order valence-electron chi connectivity index (χ0n) is 11.3. The molecule has 0 spiro atoms. The van der Waals surface area contributed by atoms with Crippen LogP contribution in [0, 0.1) is 0 Å². The zero-order chi connectivity index (χ0) is 13.6. The first kappa shape index (κ1) is 12.8. The van der Waals surface area contributed by atoms with E-state index in [1.165, 1.54) is 0 Å². The molecule has 1 aromatic carbocycles. The lowest BCUT2D eigenvalue weighted by molar-refractivity contribution is 0.174. The maximum atomic E-state index is 5.34. The second kappa shape index (κ2) is 6.27. The molecule has 106 valence electrons. The molecule has 0 amide bonds. The molecule has 2 aliphatic rings. The normalized spacial score (nSPS) is 17.5. The molecule has 0 aromatic heterocycles. The number of hydrazone groups is 1. The Kier molecular flexibility index (Phi) is 4.01. The van der Waals surface area contributed by atoms with Gasteiger partial charge in [0.1, 0.15) is 0 Å². The number of guanidine groups is 1. The Morgan fingerprint density at radius 1 is 1.30 bits per heavy atom. The predicted octanol–water partition coefficient (Wildman–Crippen LogP) is 1.27. The quantitative estimate of drug-likeness (QED) is 0.643. The van der Waals surface area contributed by atoms with Crippen LogP contribution in [-0.4, -0.2) is 32.1 Å². The predicted molar refractivity (Wildman–Crippen MR) is 77.4 cm³/mol. The van der Waals surface area contributed by atoms with Gasteiger partial charge in [0.25, 0.3) is 0 Å². The van der Waals surface area contributed by atoms with Gasteiger partial charge in [-0.3, -0.25) is 4.99 Å². The molecule has 3 rings (SSSR count). The Hall–Kier alpha value is -2.24. The number of aliphatic imine (C=N–C) groups is 1. The van der Waals surface area contributed by atoms with Crippen molar-refractivity contribution in [1.29, 1.82) is 0 Å². The Morgan fingerprint density at radius 2 is 2.25 bits per heavy atom. The van der Waals surface area contributed by atoms with E-state index < -0.39 is 0 Å². The molecule has 0 unspecified atom stereocenters. The Morgan fingerprint density at radius 3 is 3.25 bits per heavy atom. The third-order valence-electron chi connectivity index (χ3n) is 3.17. The van der Waals surface area contributed by atoms with Crippen molar-refractivity contribution < 1.29 is 9.47 Å². The highest BCUT2D eigenvalue weighted by Gasteiger charge is 2.12. The van der Waals surface area contributed by atoms with Gasteiger partial charge in [-0.1, -0.05) is 6.07 Å². The summed E-state index contributed by atoms with van der Waals surface area (Å²) in [6, 6.07) is 5.92. The lowest BCUT2D eigenvalue weighted by atomic mass is 10.1. The zero-order valence-corrected chi connectivity index (χ0v) is 11.3. The van der Waals surface area contributed by atoms with Gasteiger partial charge in [-0.05, 0) is 30.5 Å². The second-order valence-electron chi connectivity index (χ2n) is 4.68. The number of ether oxygens (including phenoxy) is 2. The molecule has 2 N–H and O–H groups in total. The number of benzene rings is 1. The van der Waals surface area contributed by atoms with E-state index in [4.69, 9.17) is 9.47 Å². The molecule has 2 heterocycles. The van der Waals surface area contributed by atoms with Crippen LogP contribution in [0.15, 0.2) is 28.3 Å². The highest BCUT2D eigenvalue weighted by Crippen LogP contribution is 2.32. The van der Waals surface area contributed by atoms with Gasteiger partial charge in [0.15, 0.2) is 11.5 Å². The van der Waals surface area contributed by atoms with Crippen molar-refractivity contribution >= 4 is 12.2 Å². The molecule has 0 fully saturated rings. The summed E-state index contributed by atoms with van der Waals surface area (Å²) in [7, 11) is 0. The van der Waals surface area contributed by atoms with Crippen LogP contribution in [0.5, 0.6) is 11.5 Å². The first-order valence-electron chi connectivity index (χ1n) is 6.86. The van der Waals surface area contributed by atoms with Crippen LogP contribution in [-0.2, 0) is 6.42 Å². The fourth-order valence-electron chi connectivity index (χ4n) is 2.09. The van der Waals surface area contributed by atoms with E-state index in [-0.39, 0.29) is 0 Å². The van der Waals surface area contributed by atoms with Crippen LogP contribution in [0.25, 0.3) is 0 Å². The van der Waals surface area contributed by atoms with Crippen molar-refractivity contribution in [2.24, 2.45) is 10.1 Å². The molecule has 0 saturated heterocycles. The molecule has 1 aromatic rings. The molecule has 0 atom stereocenters. The Labute approximate surface area is 117 Å². The fraction of sp³-hybridized carbons (Fsp3) is 0.429. The molecular formula is C14H18N4O2. The second-order valence-corrected chi connectivity index (χ2v) is 4.68. The summed E-state index contributed by atoms with van der Waals surface area (Å²) >= 11 is 0. The van der Waals surface area contributed by atoms with Crippen LogP contribution in [0.2, 0.25) is 0 Å². The van der Waals surface area contributed by atoms with Crippen molar-refractivity contribution in [1.82, 2.24) is 10.7 Å². The van der Waals surface area contributed by atoms with E-state index in [1.807, 2.05) is 24.4 Å². The number of hydrogen-bond donors (Lipinski definition) is 2. The van der Waals surface area contributed by atoms with Crippen LogP contribution in [0.3, 0.4) is 0 Å². The summed E-state index contributed by atoms with van der Waals surface area (Å²) < 4.78 is 10.6. The summed E-state index contributed by atoms with van der Waals surface area (Å²) in [5.41, 5.74) is 4.07. The van der Waals surface area contributed by atoms with E-state index in [1.54, 1.807) is 0 Å². The van der Waals surface area contributed by atoms with E-state index in [2.05, 4.69) is 20.8 Å². The topological polar surface area (TPSA) is 67.2 Å². The summed E-state index contributed by atoms with van der Waals surface area (Å²) in [5, 5.41) is 7.39. The average molecular weight is 274 g/mol. The molecule has 20 heavy (non-hydrogen) atoms. The van der Waals surface area contributed by atoms with Crippen LogP contribution in [0.1, 0.15) is 18.4 Å². The molecule has 0 aliphatic carbocycles. The van der Waals surface area contributed by atoms with Crippen molar-refractivity contribution in [2.75, 3.05) is 19.9 Å². The van der Waals surface area contributed by atoms with Gasteiger partial charge in [0, 0.05) is 25.7 Å². The van der Waals surface area contributed by atoms with E-state index >= 15 is 0 Å². The monoisotopic (exact) mass is 274 g/mol. The minimum Gasteiger partial charge on any atom is -0.454 e. The Balaban J connectivity index is 1.51. The lowest BCUT2D eigenvalue weighted by Gasteiger charge is -2.04. The number of fused-ring (bicyclic) bond motifs is 1. The molecule has 6 nitrogen and oxygen atoms in total. The summed E-state index contributed by atoms with van der Waals surface area (Å²) in [4.78, 5) is 4.36. The van der Waals surface area contributed by atoms with E-state index in [0.717, 1.165) is 55.4 Å². The highest BCUT2D eigenvalue weighted by molar-refractivity contribution is 5.80. The summed E-state index contributed by atoms with van der Waals surface area (Å²) in [6.07, 6.45) is 4.83. The Bertz CT molecular complexity index is 528. The summed E-state index contributed by atoms with van der Waals surface area (Å²) in [6.45, 7) is 2.11. The minimum absolute atomic E-state index is 0.305. The fourth-order valence-corrected chi connectivity index (χ4v) is 2.09. The van der Waals surface area contributed by atoms with Gasteiger partial charge >= 0.3 is 0 Å². The van der Waals surface area contributed by atoms with Gasteiger partial charge in [0.2, 0.25) is 12.8 Å². The largest absolute Gasteiger partial charge is 0.454 e. The molecule has 6 heteroatoms. The first-order chi connectivity index (χ1) is 9.92. The number of hydrogen-bond acceptors (Lipinski definition) is 6. The van der Waals surface area contributed by atoms with Gasteiger partial charge in [-0.15, -0.1) is 0 Å². The van der Waals surface area contributed by atoms with Gasteiger partial charge in [0.05, 0.1) is 0 Å². The molecule has 0 bridgehead atoms. The number of nitrogens with one attached hydrogen (secondary N) is 2. The summed E-state index contributed by atoms with van der Waals surface area (Å²) in [5.74, 6) is 2.36. The standard InChI is InChI=1S/C14H18N4O2/c1-2-7-16-14(15-6-1)18-17-8-5-11-3-4-12-13(9-11)20-10-19-12/h3-4,8-9H,1-2,5-7,10H2,(H2,15,16,18)/b17-8+. The van der Waals surface area contributed by atoms with Crippen molar-refractivity contribution in [3.05, 3.63) is 23.8 Å². The minimum atomic E-state index is 0.305. The number of nitrogens with zero attached hydrogens (tertiary/aromatic N) is 2. The van der Waals surface area contributed by atoms with Gasteiger partial charge < -0.3 is 14.8 Å². The molecular weight excluding hydrogens is 256 g/mol. The van der Waals surface area contributed by atoms with Crippen LogP contribution in [0.4, 0.5) is 0 Å². The smallest absolute Gasteiger partial charge is 0.231 e. The van der Waals surface area contributed by atoms with E-state index in [0.29, 0.717) is 6.79 Å². The maximum Gasteiger partial charge on any atom is 0.231 e. The van der Waals surface area contributed by atoms with Gasteiger partial charge in [-0.25, -0.2) is 5.43 Å². The van der Waals surface area contributed by atoms with E-state index in [9.17, 15) is 0 Å². The molecule has 0 radical (unpaired) electrons. The third-order valence-corrected chi connectivity index (χ3v) is 3.17. The van der Waals surface area contributed by atoms with Gasteiger partial charge in [-0.2, -0.15) is 5.10 Å². The maximum absolute atomic E-state index is 5.34. The van der Waals surface area contributed by atoms with Crippen molar-refractivity contribution in [3.8, 4) is 11.5 Å².